The maximum absolute atomic E-state index is 11.9. The maximum atomic E-state index is 11.9. The monoisotopic (exact) mass is 312 g/mol. The molecule has 1 heterocycles. The minimum absolute atomic E-state index is 0.115. The van der Waals surface area contributed by atoms with Crippen molar-refractivity contribution in [3.05, 3.63) is 62.3 Å². The molecule has 6 nitrogen and oxygen atoms in total. The molecule has 2 aromatic rings. The summed E-state index contributed by atoms with van der Waals surface area (Å²) in [5, 5.41) is 12.5. The molecule has 0 radical (unpaired) electrons. The number of non-ortho nitro benzene ring substituents is 1. The van der Waals surface area contributed by atoms with Crippen molar-refractivity contribution in [2.45, 2.75) is 12.3 Å². The van der Waals surface area contributed by atoms with Gasteiger partial charge < -0.3 is 0 Å². The van der Waals surface area contributed by atoms with Crippen LogP contribution in [0.5, 0.6) is 0 Å². The molecule has 0 fully saturated rings. The fraction of sp³-hybridized carbons (Fsp3) is 0.167. The number of hydrogen-bond donors (Lipinski definition) is 1. The number of benzene rings is 1. The van der Waals surface area contributed by atoms with E-state index < -0.39 is 14.9 Å². The van der Waals surface area contributed by atoms with Crippen LogP contribution in [0.15, 0.2) is 41.8 Å². The smallest absolute Gasteiger partial charge is 0.258 e. The van der Waals surface area contributed by atoms with Crippen LogP contribution in [0, 0.1) is 10.1 Å². The van der Waals surface area contributed by atoms with Crippen molar-refractivity contribution < 1.29 is 13.3 Å². The van der Waals surface area contributed by atoms with Gasteiger partial charge in [0.25, 0.3) is 5.69 Å². The fourth-order valence-corrected chi connectivity index (χ4v) is 3.46. The van der Waals surface area contributed by atoms with Gasteiger partial charge in [-0.15, -0.1) is 11.3 Å². The minimum Gasteiger partial charge on any atom is -0.258 e. The highest BCUT2D eigenvalue weighted by Gasteiger charge is 2.14. The number of nitrogens with one attached hydrogen (secondary N) is 1. The normalized spacial score (nSPS) is 11.4. The van der Waals surface area contributed by atoms with Crippen LogP contribution in [0.2, 0.25) is 0 Å². The summed E-state index contributed by atoms with van der Waals surface area (Å²) in [6.45, 7) is 0.231. The van der Waals surface area contributed by atoms with E-state index in [0.717, 1.165) is 4.88 Å². The SMILES string of the molecule is O=[N+]([O-])c1cccc(CS(=O)(=O)NCc2cccs2)c1. The summed E-state index contributed by atoms with van der Waals surface area (Å²) in [7, 11) is -3.52. The third-order valence-electron chi connectivity index (χ3n) is 2.52. The van der Waals surface area contributed by atoms with E-state index in [0.29, 0.717) is 5.56 Å². The summed E-state index contributed by atoms with van der Waals surface area (Å²) in [6, 6.07) is 9.30. The minimum atomic E-state index is -3.52. The average molecular weight is 312 g/mol. The number of hydrogen-bond acceptors (Lipinski definition) is 5. The van der Waals surface area contributed by atoms with Crippen molar-refractivity contribution in [2.75, 3.05) is 0 Å². The standard InChI is InChI=1S/C12H12N2O4S2/c15-14(16)11-4-1-3-10(7-11)9-20(17,18)13-8-12-5-2-6-19-12/h1-7,13H,8-9H2. The lowest BCUT2D eigenvalue weighted by Gasteiger charge is -2.05. The van der Waals surface area contributed by atoms with Crippen LogP contribution >= 0.6 is 11.3 Å². The molecular weight excluding hydrogens is 300 g/mol. The zero-order valence-electron chi connectivity index (χ0n) is 10.4. The van der Waals surface area contributed by atoms with E-state index in [1.54, 1.807) is 6.07 Å². The Morgan fingerprint density at radius 2 is 2.05 bits per heavy atom. The second kappa shape index (κ2) is 6.12. The Kier molecular flexibility index (Phi) is 4.48. The van der Waals surface area contributed by atoms with Gasteiger partial charge in [0.15, 0.2) is 0 Å². The molecule has 0 saturated carbocycles. The van der Waals surface area contributed by atoms with Gasteiger partial charge in [0.05, 0.1) is 10.7 Å². The Morgan fingerprint density at radius 1 is 1.25 bits per heavy atom. The number of sulfonamides is 1. The van der Waals surface area contributed by atoms with Gasteiger partial charge in [-0.25, -0.2) is 13.1 Å². The molecule has 0 bridgehead atoms. The zero-order valence-corrected chi connectivity index (χ0v) is 12.0. The molecule has 1 aromatic carbocycles. The van der Waals surface area contributed by atoms with Crippen LogP contribution in [0.3, 0.4) is 0 Å². The van der Waals surface area contributed by atoms with E-state index in [2.05, 4.69) is 4.72 Å². The van der Waals surface area contributed by atoms with Crippen molar-refractivity contribution in [1.82, 2.24) is 4.72 Å². The molecule has 0 aliphatic heterocycles. The lowest BCUT2D eigenvalue weighted by Crippen LogP contribution is -2.24. The van der Waals surface area contributed by atoms with Gasteiger partial charge in [0.2, 0.25) is 10.0 Å². The van der Waals surface area contributed by atoms with Crippen molar-refractivity contribution in [1.29, 1.82) is 0 Å². The Hall–Kier alpha value is -1.77. The zero-order chi connectivity index (χ0) is 14.6. The van der Waals surface area contributed by atoms with Gasteiger partial charge in [-0.3, -0.25) is 10.1 Å². The van der Waals surface area contributed by atoms with Crippen molar-refractivity contribution >= 4 is 27.0 Å². The Bertz CT molecular complexity index is 696. The highest BCUT2D eigenvalue weighted by Crippen LogP contribution is 2.15. The second-order valence-electron chi connectivity index (χ2n) is 4.09. The molecule has 0 unspecified atom stereocenters. The largest absolute Gasteiger partial charge is 0.269 e. The van der Waals surface area contributed by atoms with Gasteiger partial charge in [0.1, 0.15) is 0 Å². The summed E-state index contributed by atoms with van der Waals surface area (Å²) in [5.41, 5.74) is 0.272. The summed E-state index contributed by atoms with van der Waals surface area (Å²) in [5.74, 6) is -0.278. The molecule has 0 saturated heterocycles. The van der Waals surface area contributed by atoms with Gasteiger partial charge in [-0.05, 0) is 17.0 Å². The molecular formula is C12H12N2O4S2. The molecule has 0 spiro atoms. The number of nitro groups is 1. The lowest BCUT2D eigenvalue weighted by molar-refractivity contribution is -0.384. The molecule has 8 heteroatoms. The van der Waals surface area contributed by atoms with Gasteiger partial charge in [-0.1, -0.05) is 18.2 Å². The van der Waals surface area contributed by atoms with Crippen LogP contribution < -0.4 is 4.72 Å². The van der Waals surface area contributed by atoms with Crippen molar-refractivity contribution in [3.8, 4) is 0 Å². The third-order valence-corrected chi connectivity index (χ3v) is 4.70. The van der Waals surface area contributed by atoms with Gasteiger partial charge in [-0.2, -0.15) is 0 Å². The van der Waals surface area contributed by atoms with Crippen LogP contribution in [-0.4, -0.2) is 13.3 Å². The first kappa shape index (κ1) is 14.6. The fourth-order valence-electron chi connectivity index (χ4n) is 1.62. The summed E-state index contributed by atoms with van der Waals surface area (Å²) >= 11 is 1.46. The van der Waals surface area contributed by atoms with E-state index in [9.17, 15) is 18.5 Å². The first-order valence-corrected chi connectivity index (χ1v) is 8.22. The highest BCUT2D eigenvalue weighted by atomic mass is 32.2. The Labute approximate surface area is 120 Å². The quantitative estimate of drug-likeness (QED) is 0.654. The molecule has 1 N–H and O–H groups in total. The van der Waals surface area contributed by atoms with Crippen LogP contribution in [0.25, 0.3) is 0 Å². The van der Waals surface area contributed by atoms with Gasteiger partial charge in [0, 0.05) is 23.6 Å². The molecule has 0 aliphatic rings. The Balaban J connectivity index is 2.04. The molecule has 0 atom stereocenters. The summed E-state index contributed by atoms with van der Waals surface area (Å²) < 4.78 is 26.3. The van der Waals surface area contributed by atoms with E-state index in [1.807, 2.05) is 17.5 Å². The van der Waals surface area contributed by atoms with Crippen molar-refractivity contribution in [3.63, 3.8) is 0 Å². The molecule has 106 valence electrons. The van der Waals surface area contributed by atoms with Crippen LogP contribution in [0.4, 0.5) is 5.69 Å². The van der Waals surface area contributed by atoms with E-state index >= 15 is 0 Å². The van der Waals surface area contributed by atoms with Crippen LogP contribution in [0.1, 0.15) is 10.4 Å². The Morgan fingerprint density at radius 3 is 2.70 bits per heavy atom. The van der Waals surface area contributed by atoms with Crippen LogP contribution in [-0.2, 0) is 22.3 Å². The van der Waals surface area contributed by atoms with E-state index in [-0.39, 0.29) is 18.0 Å². The molecule has 0 aliphatic carbocycles. The number of thiophene rings is 1. The average Bonchev–Trinajstić information content (AvgIpc) is 2.89. The third kappa shape index (κ3) is 4.12. The topological polar surface area (TPSA) is 89.3 Å². The summed E-state index contributed by atoms with van der Waals surface area (Å²) in [6.07, 6.45) is 0. The predicted octanol–water partition coefficient (Wildman–Crippen LogP) is 2.28. The maximum Gasteiger partial charge on any atom is 0.269 e. The molecule has 2 rings (SSSR count). The second-order valence-corrected chi connectivity index (χ2v) is 6.93. The molecule has 20 heavy (non-hydrogen) atoms. The van der Waals surface area contributed by atoms with Gasteiger partial charge >= 0.3 is 0 Å². The predicted molar refractivity (Wildman–Crippen MR) is 76.9 cm³/mol. The lowest BCUT2D eigenvalue weighted by atomic mass is 10.2. The first-order chi connectivity index (χ1) is 9.46. The highest BCUT2D eigenvalue weighted by molar-refractivity contribution is 7.88. The molecule has 0 amide bonds. The number of rotatable bonds is 6. The van der Waals surface area contributed by atoms with E-state index in [1.165, 1.54) is 29.5 Å². The first-order valence-electron chi connectivity index (χ1n) is 5.69. The molecule has 1 aromatic heterocycles. The van der Waals surface area contributed by atoms with E-state index in [4.69, 9.17) is 0 Å². The van der Waals surface area contributed by atoms with Crippen molar-refractivity contribution in [2.24, 2.45) is 0 Å². The summed E-state index contributed by atoms with van der Waals surface area (Å²) in [4.78, 5) is 11.0. The number of nitrogens with zero attached hydrogens (tertiary/aromatic N) is 1. The number of nitro benzene ring substituents is 1.